The van der Waals surface area contributed by atoms with Crippen molar-refractivity contribution in [1.29, 1.82) is 0 Å². The number of urea groups is 1. The van der Waals surface area contributed by atoms with E-state index in [1.807, 2.05) is 50.1 Å². The quantitative estimate of drug-likeness (QED) is 0.656. The van der Waals surface area contributed by atoms with Gasteiger partial charge in [0.05, 0.1) is 0 Å². The van der Waals surface area contributed by atoms with E-state index < -0.39 is 0 Å². The summed E-state index contributed by atoms with van der Waals surface area (Å²) in [5.74, 6) is 0.154. The molecule has 1 heterocycles. The molecular weight excluding hydrogens is 393 g/mol. The van der Waals surface area contributed by atoms with E-state index in [0.717, 1.165) is 29.9 Å². The topological polar surface area (TPSA) is 26.8 Å². The van der Waals surface area contributed by atoms with Crippen LogP contribution >= 0.6 is 23.2 Å². The van der Waals surface area contributed by atoms with Crippen molar-refractivity contribution in [2.45, 2.75) is 26.3 Å². The molecule has 0 spiro atoms. The number of likely N-dealkylation sites (N-methyl/N-ethyl adjacent to an activating group) is 1. The molecule has 2 aromatic rings. The van der Waals surface area contributed by atoms with Crippen LogP contribution in [0.5, 0.6) is 0 Å². The lowest BCUT2D eigenvalue weighted by atomic mass is 9.84. The molecule has 3 rings (SSSR count). The first-order chi connectivity index (χ1) is 13.3. The molecular formula is C22H27Cl2N3O. The summed E-state index contributed by atoms with van der Waals surface area (Å²) in [6.07, 6.45) is 0. The third-order valence-electron chi connectivity index (χ3n) is 5.47. The maximum Gasteiger partial charge on any atom is 0.324 e. The van der Waals surface area contributed by atoms with Gasteiger partial charge in [0.15, 0.2) is 0 Å². The Morgan fingerprint density at radius 3 is 2.57 bits per heavy atom. The summed E-state index contributed by atoms with van der Waals surface area (Å²) < 4.78 is 0. The van der Waals surface area contributed by atoms with Crippen LogP contribution in [0, 0.1) is 0 Å². The zero-order chi connectivity index (χ0) is 20.4. The number of amides is 2. The Morgan fingerprint density at radius 1 is 1.18 bits per heavy atom. The van der Waals surface area contributed by atoms with Gasteiger partial charge in [0.2, 0.25) is 0 Å². The molecule has 1 atom stereocenters. The zero-order valence-electron chi connectivity index (χ0n) is 16.9. The largest absolute Gasteiger partial charge is 0.325 e. The van der Waals surface area contributed by atoms with Crippen LogP contribution in [0.3, 0.4) is 0 Å². The number of carbonyl (C=O) groups excluding carboxylic acids is 1. The first-order valence-corrected chi connectivity index (χ1v) is 10.4. The highest BCUT2D eigenvalue weighted by atomic mass is 35.5. The lowest BCUT2D eigenvalue weighted by Gasteiger charge is -2.34. The number of rotatable bonds is 4. The summed E-state index contributed by atoms with van der Waals surface area (Å²) in [7, 11) is 3.93. The molecule has 0 N–H and O–H groups in total. The number of hydrogen-bond acceptors (Lipinski definition) is 2. The lowest BCUT2D eigenvalue weighted by Crippen LogP contribution is -2.41. The van der Waals surface area contributed by atoms with Gasteiger partial charge in [0, 0.05) is 54.9 Å². The van der Waals surface area contributed by atoms with Crippen LogP contribution in [0.15, 0.2) is 36.4 Å². The average Bonchev–Trinajstić information content (AvgIpc) is 2.68. The predicted molar refractivity (Wildman–Crippen MR) is 118 cm³/mol. The molecule has 0 saturated heterocycles. The Balaban J connectivity index is 1.98. The van der Waals surface area contributed by atoms with E-state index in [4.69, 9.17) is 23.2 Å². The van der Waals surface area contributed by atoms with Crippen molar-refractivity contribution in [3.63, 3.8) is 0 Å². The van der Waals surface area contributed by atoms with E-state index in [-0.39, 0.29) is 11.9 Å². The Morgan fingerprint density at radius 2 is 1.89 bits per heavy atom. The summed E-state index contributed by atoms with van der Waals surface area (Å²) >= 11 is 12.8. The molecule has 0 aliphatic carbocycles. The molecule has 0 aromatic heterocycles. The fourth-order valence-corrected chi connectivity index (χ4v) is 4.47. The molecule has 2 amide bonds. The maximum absolute atomic E-state index is 12.7. The van der Waals surface area contributed by atoms with Gasteiger partial charge in [-0.25, -0.2) is 4.79 Å². The second-order valence-corrected chi connectivity index (χ2v) is 8.16. The van der Waals surface area contributed by atoms with Crippen molar-refractivity contribution in [2.75, 3.05) is 38.6 Å². The highest BCUT2D eigenvalue weighted by Gasteiger charge is 2.27. The number of carbonyl (C=O) groups is 1. The van der Waals surface area contributed by atoms with Crippen LogP contribution in [0.25, 0.3) is 0 Å². The molecule has 1 unspecified atom stereocenters. The molecule has 6 heteroatoms. The monoisotopic (exact) mass is 419 g/mol. The van der Waals surface area contributed by atoms with Gasteiger partial charge in [0.1, 0.15) is 0 Å². The van der Waals surface area contributed by atoms with Crippen molar-refractivity contribution >= 4 is 34.9 Å². The highest BCUT2D eigenvalue weighted by Crippen LogP contribution is 2.39. The minimum Gasteiger partial charge on any atom is -0.325 e. The summed E-state index contributed by atoms with van der Waals surface area (Å²) in [5, 5.41) is 1.37. The van der Waals surface area contributed by atoms with E-state index in [1.165, 1.54) is 5.56 Å². The number of anilines is 1. The Kier molecular flexibility index (Phi) is 6.54. The summed E-state index contributed by atoms with van der Waals surface area (Å²) in [6.45, 7) is 7.05. The van der Waals surface area contributed by atoms with Crippen molar-refractivity contribution in [1.82, 2.24) is 9.80 Å². The molecule has 28 heavy (non-hydrogen) atoms. The van der Waals surface area contributed by atoms with E-state index in [2.05, 4.69) is 24.1 Å². The van der Waals surface area contributed by atoms with Crippen LogP contribution in [0.1, 0.15) is 36.5 Å². The minimum absolute atomic E-state index is 0.00870. The maximum atomic E-state index is 12.7. The van der Waals surface area contributed by atoms with Crippen LogP contribution in [0.2, 0.25) is 10.0 Å². The van der Waals surface area contributed by atoms with E-state index in [0.29, 0.717) is 23.1 Å². The van der Waals surface area contributed by atoms with E-state index in [1.54, 1.807) is 4.90 Å². The Labute approximate surface area is 177 Å². The van der Waals surface area contributed by atoms with Crippen molar-refractivity contribution in [3.05, 3.63) is 63.1 Å². The third-order valence-corrected chi connectivity index (χ3v) is 6.03. The second kappa shape index (κ2) is 8.73. The van der Waals surface area contributed by atoms with Gasteiger partial charge in [-0.3, -0.25) is 4.90 Å². The van der Waals surface area contributed by atoms with Gasteiger partial charge in [0.25, 0.3) is 0 Å². The number of benzene rings is 2. The van der Waals surface area contributed by atoms with Gasteiger partial charge in [-0.05, 0) is 61.9 Å². The summed E-state index contributed by atoms with van der Waals surface area (Å²) in [5.41, 5.74) is 4.34. The zero-order valence-corrected chi connectivity index (χ0v) is 18.4. The van der Waals surface area contributed by atoms with Crippen LogP contribution in [-0.4, -0.2) is 49.6 Å². The first kappa shape index (κ1) is 21.0. The van der Waals surface area contributed by atoms with Gasteiger partial charge in [-0.15, -0.1) is 0 Å². The molecule has 0 radical (unpaired) electrons. The van der Waals surface area contributed by atoms with Gasteiger partial charge in [-0.2, -0.15) is 0 Å². The fourth-order valence-electron chi connectivity index (χ4n) is 3.90. The molecule has 4 nitrogen and oxygen atoms in total. The number of halogens is 2. The van der Waals surface area contributed by atoms with Crippen LogP contribution in [-0.2, 0) is 6.54 Å². The first-order valence-electron chi connectivity index (χ1n) is 9.64. The molecule has 0 fully saturated rings. The number of nitrogens with zero attached hydrogens (tertiary/aromatic N) is 3. The van der Waals surface area contributed by atoms with Crippen molar-refractivity contribution < 1.29 is 4.79 Å². The van der Waals surface area contributed by atoms with Gasteiger partial charge < -0.3 is 9.80 Å². The van der Waals surface area contributed by atoms with Gasteiger partial charge >= 0.3 is 6.03 Å². The minimum atomic E-state index is 0.00870. The summed E-state index contributed by atoms with van der Waals surface area (Å²) in [4.78, 5) is 18.5. The Bertz CT molecular complexity index is 867. The van der Waals surface area contributed by atoms with Gasteiger partial charge in [-0.1, -0.05) is 35.3 Å². The number of fused-ring (bicyclic) bond motifs is 1. The highest BCUT2D eigenvalue weighted by molar-refractivity contribution is 6.35. The smallest absolute Gasteiger partial charge is 0.324 e. The fraction of sp³-hybridized carbons (Fsp3) is 0.409. The van der Waals surface area contributed by atoms with Crippen LogP contribution in [0.4, 0.5) is 10.5 Å². The molecule has 0 saturated carbocycles. The second-order valence-electron chi connectivity index (χ2n) is 7.31. The van der Waals surface area contributed by atoms with Crippen molar-refractivity contribution in [2.24, 2.45) is 0 Å². The van der Waals surface area contributed by atoms with E-state index >= 15 is 0 Å². The number of hydrogen-bond donors (Lipinski definition) is 0. The standard InChI is InChI=1S/C22H27Cl2N3O/c1-5-27(6-2)22(28)26(4)17-9-7-8-15(10-17)19-13-25(3)14-20-18(19)11-16(23)12-21(20)24/h7-12,19H,5-6,13-14H2,1-4H3. The van der Waals surface area contributed by atoms with E-state index in [9.17, 15) is 4.79 Å². The molecule has 2 aromatic carbocycles. The molecule has 150 valence electrons. The molecule has 1 aliphatic rings. The van der Waals surface area contributed by atoms with Crippen LogP contribution < -0.4 is 4.90 Å². The lowest BCUT2D eigenvalue weighted by molar-refractivity contribution is 0.211. The SMILES string of the molecule is CCN(CC)C(=O)N(C)c1cccc(C2CN(C)Cc3c(Cl)cc(Cl)cc32)c1. The Hall–Kier alpha value is -1.75. The average molecular weight is 420 g/mol. The molecule has 1 aliphatic heterocycles. The summed E-state index contributed by atoms with van der Waals surface area (Å²) in [6, 6.07) is 12.0. The predicted octanol–water partition coefficient (Wildman–Crippen LogP) is 5.47. The third kappa shape index (κ3) is 4.14. The normalized spacial score (nSPS) is 16.6. The molecule has 0 bridgehead atoms. The van der Waals surface area contributed by atoms with Crippen molar-refractivity contribution in [3.8, 4) is 0 Å².